The Morgan fingerprint density at radius 1 is 1.10 bits per heavy atom. The van der Waals surface area contributed by atoms with Crippen LogP contribution in [0.1, 0.15) is 46.1 Å². The van der Waals surface area contributed by atoms with Crippen molar-refractivity contribution in [2.75, 3.05) is 19.6 Å². The lowest BCUT2D eigenvalue weighted by atomic mass is 9.71. The molecule has 0 unspecified atom stereocenters. The van der Waals surface area contributed by atoms with Crippen molar-refractivity contribution in [1.82, 2.24) is 15.2 Å². The Balaban J connectivity index is 1.89. The zero-order chi connectivity index (χ0) is 21.8. The molecule has 0 spiro atoms. The zero-order valence-electron chi connectivity index (χ0n) is 18.6. The van der Waals surface area contributed by atoms with Gasteiger partial charge in [0, 0.05) is 43.0 Å². The van der Waals surface area contributed by atoms with E-state index in [2.05, 4.69) is 28.5 Å². The number of hydrogen-bond donors (Lipinski definition) is 1. The number of hydrogen-bond acceptors (Lipinski definition) is 3. The second-order valence-corrected chi connectivity index (χ2v) is 9.26. The molecule has 0 radical (unpaired) electrons. The first-order valence-corrected chi connectivity index (χ1v) is 10.8. The van der Waals surface area contributed by atoms with Gasteiger partial charge in [-0.25, -0.2) is 0 Å². The first-order valence-electron chi connectivity index (χ1n) is 10.8. The molecule has 5 heteroatoms. The molecular formula is C25H33N3O2. The number of pyridine rings is 1. The number of nitrogens with zero attached hydrogens (tertiary/aromatic N) is 2. The molecular weight excluding hydrogens is 374 g/mol. The van der Waals surface area contributed by atoms with Crippen molar-refractivity contribution in [3.8, 4) is 11.1 Å². The van der Waals surface area contributed by atoms with Crippen LogP contribution in [0.25, 0.3) is 11.1 Å². The third kappa shape index (κ3) is 4.72. The molecule has 1 N–H and O–H groups in total. The van der Waals surface area contributed by atoms with E-state index in [4.69, 9.17) is 0 Å². The van der Waals surface area contributed by atoms with Crippen LogP contribution in [0.2, 0.25) is 0 Å². The number of rotatable bonds is 5. The predicted molar refractivity (Wildman–Crippen MR) is 120 cm³/mol. The van der Waals surface area contributed by atoms with Gasteiger partial charge in [0.2, 0.25) is 11.8 Å². The van der Waals surface area contributed by atoms with Crippen LogP contribution in [0.15, 0.2) is 48.8 Å². The summed E-state index contributed by atoms with van der Waals surface area (Å²) in [5.74, 6) is 0.247. The average Bonchev–Trinajstić information content (AvgIpc) is 2.74. The quantitative estimate of drug-likeness (QED) is 0.812. The molecule has 2 heterocycles. The number of amides is 2. The van der Waals surface area contributed by atoms with E-state index in [0.29, 0.717) is 38.9 Å². The van der Waals surface area contributed by atoms with E-state index in [-0.39, 0.29) is 11.8 Å². The van der Waals surface area contributed by atoms with Crippen molar-refractivity contribution in [3.63, 3.8) is 0 Å². The second kappa shape index (κ2) is 8.99. The van der Waals surface area contributed by atoms with Crippen LogP contribution in [0, 0.1) is 10.8 Å². The van der Waals surface area contributed by atoms with Gasteiger partial charge in [0.25, 0.3) is 0 Å². The lowest BCUT2D eigenvalue weighted by Crippen LogP contribution is -2.53. The molecule has 1 aliphatic heterocycles. The van der Waals surface area contributed by atoms with Gasteiger partial charge in [-0.05, 0) is 43.4 Å². The van der Waals surface area contributed by atoms with Crippen LogP contribution in [-0.4, -0.2) is 41.3 Å². The van der Waals surface area contributed by atoms with E-state index in [0.717, 1.165) is 16.7 Å². The van der Waals surface area contributed by atoms with Crippen LogP contribution in [0.3, 0.4) is 0 Å². The number of carbonyl (C=O) groups is 2. The van der Waals surface area contributed by atoms with E-state index in [1.165, 1.54) is 0 Å². The van der Waals surface area contributed by atoms with Crippen molar-refractivity contribution < 1.29 is 9.59 Å². The van der Waals surface area contributed by atoms with E-state index in [1.54, 1.807) is 6.20 Å². The van der Waals surface area contributed by atoms with Crippen LogP contribution >= 0.6 is 0 Å². The Morgan fingerprint density at radius 2 is 1.80 bits per heavy atom. The highest BCUT2D eigenvalue weighted by Crippen LogP contribution is 2.39. The molecule has 1 aliphatic rings. The molecule has 3 rings (SSSR count). The van der Waals surface area contributed by atoms with Gasteiger partial charge in [0.05, 0.1) is 5.41 Å². The molecule has 160 valence electrons. The van der Waals surface area contributed by atoms with Crippen molar-refractivity contribution in [2.45, 2.75) is 47.0 Å². The Morgan fingerprint density at radius 3 is 2.40 bits per heavy atom. The molecule has 5 nitrogen and oxygen atoms in total. The van der Waals surface area contributed by atoms with Gasteiger partial charge in [-0.15, -0.1) is 0 Å². The lowest BCUT2D eigenvalue weighted by molar-refractivity contribution is -0.145. The molecule has 0 bridgehead atoms. The fourth-order valence-corrected chi connectivity index (χ4v) is 4.29. The van der Waals surface area contributed by atoms with Gasteiger partial charge in [0.15, 0.2) is 0 Å². The van der Waals surface area contributed by atoms with Crippen molar-refractivity contribution in [1.29, 1.82) is 0 Å². The van der Waals surface area contributed by atoms with E-state index >= 15 is 0 Å². The smallest absolute Gasteiger partial charge is 0.227 e. The van der Waals surface area contributed by atoms with E-state index < -0.39 is 10.8 Å². The molecule has 0 atom stereocenters. The molecule has 2 aromatic rings. The minimum absolute atomic E-state index is 0.0915. The van der Waals surface area contributed by atoms with Crippen LogP contribution < -0.4 is 5.32 Å². The van der Waals surface area contributed by atoms with Gasteiger partial charge in [-0.2, -0.15) is 0 Å². The summed E-state index contributed by atoms with van der Waals surface area (Å²) in [4.78, 5) is 32.1. The van der Waals surface area contributed by atoms with Crippen LogP contribution in [-0.2, 0) is 16.0 Å². The molecule has 0 saturated carbocycles. The second-order valence-electron chi connectivity index (χ2n) is 9.26. The molecule has 0 aliphatic carbocycles. The third-order valence-electron chi connectivity index (χ3n) is 5.99. The minimum atomic E-state index is -0.511. The van der Waals surface area contributed by atoms with Gasteiger partial charge in [-0.3, -0.25) is 14.6 Å². The summed E-state index contributed by atoms with van der Waals surface area (Å²) in [5, 5.41) is 3.06. The molecule has 2 amide bonds. The summed E-state index contributed by atoms with van der Waals surface area (Å²) >= 11 is 0. The zero-order valence-corrected chi connectivity index (χ0v) is 18.6. The van der Waals surface area contributed by atoms with Crippen LogP contribution in [0.4, 0.5) is 0 Å². The first-order chi connectivity index (χ1) is 14.3. The highest BCUT2D eigenvalue weighted by molar-refractivity contribution is 5.85. The summed E-state index contributed by atoms with van der Waals surface area (Å²) in [6.45, 7) is 9.63. The lowest BCUT2D eigenvalue weighted by Gasteiger charge is -2.42. The molecule has 1 aromatic heterocycles. The maximum absolute atomic E-state index is 13.2. The Labute approximate surface area is 179 Å². The minimum Gasteiger partial charge on any atom is -0.356 e. The number of aromatic nitrogens is 1. The third-order valence-corrected chi connectivity index (χ3v) is 5.99. The maximum Gasteiger partial charge on any atom is 0.227 e. The average molecular weight is 408 g/mol. The van der Waals surface area contributed by atoms with E-state index in [9.17, 15) is 9.59 Å². The Bertz CT molecular complexity index is 879. The summed E-state index contributed by atoms with van der Waals surface area (Å²) in [5.41, 5.74) is 2.40. The SMILES string of the molecule is CCNC(=O)C1(Cc2ccccc2-c2cccnc2)CCN(C(=O)C(C)(C)C)CC1. The Kier molecular flexibility index (Phi) is 6.59. The monoisotopic (exact) mass is 407 g/mol. The maximum atomic E-state index is 13.2. The fraction of sp³-hybridized carbons (Fsp3) is 0.480. The Hall–Kier alpha value is -2.69. The van der Waals surface area contributed by atoms with Crippen molar-refractivity contribution >= 4 is 11.8 Å². The number of likely N-dealkylation sites (tertiary alicyclic amines) is 1. The first kappa shape index (κ1) is 22.0. The largest absolute Gasteiger partial charge is 0.356 e. The molecule has 1 saturated heterocycles. The van der Waals surface area contributed by atoms with E-state index in [1.807, 2.05) is 57.0 Å². The number of piperidine rings is 1. The highest BCUT2D eigenvalue weighted by atomic mass is 16.2. The van der Waals surface area contributed by atoms with Crippen molar-refractivity contribution in [2.24, 2.45) is 10.8 Å². The number of carbonyl (C=O) groups excluding carboxylic acids is 2. The summed E-state index contributed by atoms with van der Waals surface area (Å²) in [6.07, 6.45) is 5.62. The predicted octanol–water partition coefficient (Wildman–Crippen LogP) is 4.08. The number of benzene rings is 1. The molecule has 30 heavy (non-hydrogen) atoms. The topological polar surface area (TPSA) is 62.3 Å². The normalized spacial score (nSPS) is 16.2. The van der Waals surface area contributed by atoms with Gasteiger partial charge < -0.3 is 10.2 Å². The summed E-state index contributed by atoms with van der Waals surface area (Å²) in [6, 6.07) is 12.2. The molecule has 1 fully saturated rings. The standard InChI is InChI=1S/C25H33N3O2/c1-5-27-22(29)25(12-15-28(16-13-25)23(30)24(2,3)4)17-19-9-6-7-11-21(19)20-10-8-14-26-18-20/h6-11,14,18H,5,12-13,15-17H2,1-4H3,(H,27,29). The molecule has 1 aromatic carbocycles. The van der Waals surface area contributed by atoms with Gasteiger partial charge in [0.1, 0.15) is 0 Å². The fourth-order valence-electron chi connectivity index (χ4n) is 4.29. The van der Waals surface area contributed by atoms with Gasteiger partial charge in [-0.1, -0.05) is 51.1 Å². The highest BCUT2D eigenvalue weighted by Gasteiger charge is 2.43. The van der Waals surface area contributed by atoms with Gasteiger partial charge >= 0.3 is 0 Å². The van der Waals surface area contributed by atoms with Crippen molar-refractivity contribution in [3.05, 3.63) is 54.4 Å². The summed E-state index contributed by atoms with van der Waals surface area (Å²) < 4.78 is 0. The van der Waals surface area contributed by atoms with Crippen LogP contribution in [0.5, 0.6) is 0 Å². The summed E-state index contributed by atoms with van der Waals surface area (Å²) in [7, 11) is 0. The number of nitrogens with one attached hydrogen (secondary N) is 1.